The number of Topliss-reactive ketones (excluding diaryl/α,β-unsaturated/α-hetero) is 2. The summed E-state index contributed by atoms with van der Waals surface area (Å²) in [6.45, 7) is 15.5. The first-order chi connectivity index (χ1) is 30.6. The number of hydrogen-bond acceptors (Lipinski definition) is 12. The maximum absolute atomic E-state index is 17.9. The fraction of sp³-hybridized carbons (Fsp3) is 0.480. The van der Waals surface area contributed by atoms with Crippen molar-refractivity contribution < 1.29 is 47.0 Å². The van der Waals surface area contributed by atoms with E-state index >= 15 is 14.0 Å². The standard InChI is InChI=1S/C50H61FN4O9Si/c1-48(2,3)62-47(59)55-23-22-33(54(8)9)36-38(51)31-24-30-25-32-39(52-7)42-37(46(53-63-42)61-27-29-20-16-13-17-21-29)45(58)50(32,64-65(10,11)49(4,5)6)44(57)34(30)41(56)35(31)43(40(36)55)60-26-28-18-14-12-15-19-28/h12-21,30,32-33,39,52,57H,22-27H2,1-11H3/t30-,32-,33?,39-,50-/m0/s1. The molecular formula is C50H61FN4O9Si. The van der Waals surface area contributed by atoms with Gasteiger partial charge in [0, 0.05) is 35.2 Å². The molecule has 0 saturated heterocycles. The number of carbonyl (C=O) groups is 3. The lowest BCUT2D eigenvalue weighted by Gasteiger charge is -2.54. The molecule has 15 heteroatoms. The molecule has 0 radical (unpaired) electrons. The number of aliphatic hydroxyl groups excluding tert-OH is 1. The monoisotopic (exact) mass is 908 g/mol. The molecule has 0 saturated carbocycles. The summed E-state index contributed by atoms with van der Waals surface area (Å²) >= 11 is 0. The topological polar surface area (TPSA) is 153 Å². The molecular weight excluding hydrogens is 848 g/mol. The summed E-state index contributed by atoms with van der Waals surface area (Å²) in [5.74, 6) is -3.92. The van der Waals surface area contributed by atoms with Crippen molar-refractivity contribution in [2.45, 2.75) is 115 Å². The Labute approximate surface area is 381 Å². The number of nitrogens with zero attached hydrogens (tertiary/aromatic N) is 3. The maximum Gasteiger partial charge on any atom is 0.414 e. The van der Waals surface area contributed by atoms with Crippen LogP contribution >= 0.6 is 0 Å². The zero-order chi connectivity index (χ0) is 47.0. The van der Waals surface area contributed by atoms with Crippen molar-refractivity contribution >= 4 is 31.7 Å². The van der Waals surface area contributed by atoms with Crippen molar-refractivity contribution in [3.63, 3.8) is 0 Å². The third kappa shape index (κ3) is 7.87. The van der Waals surface area contributed by atoms with E-state index in [4.69, 9.17) is 23.2 Å². The summed E-state index contributed by atoms with van der Waals surface area (Å²) in [4.78, 5) is 48.9. The Morgan fingerprint density at radius 2 is 1.60 bits per heavy atom. The van der Waals surface area contributed by atoms with Crippen LogP contribution in [0.1, 0.15) is 115 Å². The molecule has 0 spiro atoms. The highest BCUT2D eigenvalue weighted by Gasteiger charge is 2.67. The van der Waals surface area contributed by atoms with Crippen LogP contribution in [0.25, 0.3) is 0 Å². The highest BCUT2D eigenvalue weighted by molar-refractivity contribution is 6.74. The number of ketones is 2. The van der Waals surface area contributed by atoms with Gasteiger partial charge in [-0.05, 0) is 102 Å². The molecule has 1 aromatic heterocycles. The third-order valence-electron chi connectivity index (χ3n) is 13.9. The summed E-state index contributed by atoms with van der Waals surface area (Å²) in [5, 5.41) is 20.3. The number of allylic oxidation sites excluding steroid dienone is 1. The van der Waals surface area contributed by atoms with Gasteiger partial charge in [-0.15, -0.1) is 0 Å². The minimum atomic E-state index is -3.02. The molecule has 1 aliphatic heterocycles. The average Bonchev–Trinajstić information content (AvgIpc) is 3.67. The molecule has 2 heterocycles. The first-order valence-corrected chi connectivity index (χ1v) is 25.3. The van der Waals surface area contributed by atoms with Gasteiger partial charge in [-0.3, -0.25) is 14.5 Å². The van der Waals surface area contributed by atoms with Crippen molar-refractivity contribution in [2.24, 2.45) is 11.8 Å². The number of hydrogen-bond donors (Lipinski definition) is 2. The van der Waals surface area contributed by atoms with E-state index in [0.717, 1.165) is 11.1 Å². The fourth-order valence-corrected chi connectivity index (χ4v) is 11.2. The van der Waals surface area contributed by atoms with Gasteiger partial charge < -0.3 is 38.5 Å². The normalized spacial score (nSPS) is 23.1. The minimum Gasteiger partial charge on any atom is -0.508 e. The van der Waals surface area contributed by atoms with E-state index < -0.39 is 77.7 Å². The Morgan fingerprint density at radius 1 is 0.985 bits per heavy atom. The van der Waals surface area contributed by atoms with E-state index in [1.807, 2.05) is 114 Å². The molecule has 2 N–H and O–H groups in total. The van der Waals surface area contributed by atoms with E-state index in [1.54, 1.807) is 27.8 Å². The number of ether oxygens (including phenoxy) is 3. The first-order valence-electron chi connectivity index (χ1n) is 22.4. The summed E-state index contributed by atoms with van der Waals surface area (Å²) < 4.78 is 50.0. The second-order valence-electron chi connectivity index (χ2n) is 20.5. The fourth-order valence-electron chi connectivity index (χ4n) is 9.78. The van der Waals surface area contributed by atoms with Gasteiger partial charge in [0.2, 0.25) is 5.78 Å². The first kappa shape index (κ1) is 46.2. The van der Waals surface area contributed by atoms with Crippen LogP contribution in [0.4, 0.5) is 14.9 Å². The van der Waals surface area contributed by atoms with Crippen LogP contribution in [0.15, 0.2) is 76.5 Å². The van der Waals surface area contributed by atoms with E-state index in [2.05, 4.69) is 10.5 Å². The van der Waals surface area contributed by atoms with Crippen molar-refractivity contribution in [3.8, 4) is 11.6 Å². The summed E-state index contributed by atoms with van der Waals surface area (Å²) in [7, 11) is 2.41. The summed E-state index contributed by atoms with van der Waals surface area (Å²) in [6.07, 6.45) is -0.214. The van der Waals surface area contributed by atoms with Gasteiger partial charge >= 0.3 is 6.09 Å². The molecule has 4 aliphatic rings. The number of halogens is 1. The number of amides is 1. The number of anilines is 1. The molecule has 1 unspecified atom stereocenters. The molecule has 5 atom stereocenters. The predicted octanol–water partition coefficient (Wildman–Crippen LogP) is 9.82. The van der Waals surface area contributed by atoms with Crippen LogP contribution in [-0.2, 0) is 28.8 Å². The van der Waals surface area contributed by atoms with Gasteiger partial charge in [-0.25, -0.2) is 9.18 Å². The molecule has 346 valence electrons. The van der Waals surface area contributed by atoms with Crippen LogP contribution in [0.2, 0.25) is 18.1 Å². The van der Waals surface area contributed by atoms with Crippen molar-refractivity contribution in [3.05, 3.63) is 117 Å². The summed E-state index contributed by atoms with van der Waals surface area (Å²) in [5.41, 5.74) is -1.11. The van der Waals surface area contributed by atoms with Crippen molar-refractivity contribution in [1.82, 2.24) is 15.4 Å². The van der Waals surface area contributed by atoms with E-state index in [-0.39, 0.29) is 83.5 Å². The highest BCUT2D eigenvalue weighted by Crippen LogP contribution is 2.60. The third-order valence-corrected chi connectivity index (χ3v) is 18.3. The molecule has 3 aromatic carbocycles. The van der Waals surface area contributed by atoms with Gasteiger partial charge in [0.1, 0.15) is 36.0 Å². The van der Waals surface area contributed by atoms with Crippen LogP contribution in [-0.4, -0.2) is 80.0 Å². The lowest BCUT2D eigenvalue weighted by Crippen LogP contribution is -2.65. The molecule has 0 bridgehead atoms. The van der Waals surface area contributed by atoms with Crippen LogP contribution in [0, 0.1) is 17.7 Å². The number of carbonyl (C=O) groups excluding carboxylic acids is 3. The molecule has 0 fully saturated rings. The number of aromatic nitrogens is 1. The SMILES string of the molecule is CN[C@@H]1c2onc(OCc3ccccc3)c2C(=O)[C@@]2(O[Si](C)(C)C(C)(C)C)C(O)=C3C(=O)c4c(c(F)c5c(c4OCc4ccccc4)N(C(=O)OC(C)(C)C)CCC5N(C)C)C[C@H]3C[C@@H]12. The lowest BCUT2D eigenvalue weighted by atomic mass is 9.58. The Morgan fingerprint density at radius 3 is 2.17 bits per heavy atom. The van der Waals surface area contributed by atoms with E-state index in [0.29, 0.717) is 6.42 Å². The van der Waals surface area contributed by atoms with Gasteiger partial charge in [0.15, 0.2) is 31.2 Å². The van der Waals surface area contributed by atoms with Gasteiger partial charge in [-0.2, -0.15) is 0 Å². The number of rotatable bonds is 10. The Balaban J connectivity index is 1.36. The number of aliphatic hydroxyl groups is 1. The molecule has 3 aliphatic carbocycles. The molecule has 8 rings (SSSR count). The Kier molecular flexibility index (Phi) is 12.0. The van der Waals surface area contributed by atoms with E-state index in [9.17, 15) is 9.90 Å². The van der Waals surface area contributed by atoms with Crippen LogP contribution in [0.3, 0.4) is 0 Å². The highest BCUT2D eigenvalue weighted by atomic mass is 28.4. The zero-order valence-electron chi connectivity index (χ0n) is 39.3. The summed E-state index contributed by atoms with van der Waals surface area (Å²) in [6, 6.07) is 17.5. The van der Waals surface area contributed by atoms with Crippen molar-refractivity contribution in [1.29, 1.82) is 0 Å². The Hall–Kier alpha value is -5.35. The quantitative estimate of drug-likeness (QED) is 0.146. The smallest absolute Gasteiger partial charge is 0.414 e. The lowest BCUT2D eigenvalue weighted by molar-refractivity contribution is -0.0314. The minimum absolute atomic E-state index is 0.00360. The van der Waals surface area contributed by atoms with E-state index in [1.165, 1.54) is 4.90 Å². The predicted molar refractivity (Wildman–Crippen MR) is 246 cm³/mol. The molecule has 4 aromatic rings. The molecule has 1 amide bonds. The number of fused-ring (bicyclic) bond motifs is 5. The van der Waals surface area contributed by atoms with Crippen LogP contribution < -0.4 is 19.7 Å². The number of nitrogens with one attached hydrogen (secondary N) is 1. The second kappa shape index (κ2) is 16.8. The maximum atomic E-state index is 17.9. The zero-order valence-corrected chi connectivity index (χ0v) is 40.3. The van der Waals surface area contributed by atoms with Crippen LogP contribution in [0.5, 0.6) is 11.6 Å². The average molecular weight is 909 g/mol. The Bertz CT molecular complexity index is 2550. The van der Waals surface area contributed by atoms with Gasteiger partial charge in [-0.1, -0.05) is 81.4 Å². The van der Waals surface area contributed by atoms with Gasteiger partial charge in [0.05, 0.1) is 17.3 Å². The second-order valence-corrected chi connectivity index (χ2v) is 25.2. The van der Waals surface area contributed by atoms with Gasteiger partial charge in [0.25, 0.3) is 5.88 Å². The largest absolute Gasteiger partial charge is 0.508 e. The molecule has 13 nitrogen and oxygen atoms in total. The number of benzene rings is 3. The van der Waals surface area contributed by atoms with Crippen molar-refractivity contribution in [2.75, 3.05) is 32.6 Å². The molecule has 65 heavy (non-hydrogen) atoms.